The molecule has 3 nitrogen and oxygen atoms in total. The van der Waals surface area contributed by atoms with Crippen LogP contribution in [0.2, 0.25) is 0 Å². The maximum Gasteiger partial charge on any atom is 0.246 e. The number of rotatable bonds is 3. The average Bonchev–Trinajstić information content (AvgIpc) is 2.53. The third kappa shape index (κ3) is 3.01. The molecule has 0 bridgehead atoms. The number of amides is 1. The standard InChI is InChI=1S/C18H17FN2O/c1-2-18(22)21-9-8-13-6-7-17(10-14(13)12-21)20-16-5-3-4-15(19)11-16/h2-7,10-11,20H,1,8-9,12H2. The molecule has 1 heterocycles. The van der Waals surface area contributed by atoms with E-state index in [1.165, 1.54) is 23.8 Å². The fourth-order valence-corrected chi connectivity index (χ4v) is 2.68. The lowest BCUT2D eigenvalue weighted by Gasteiger charge is -2.28. The molecular formula is C18H17FN2O. The van der Waals surface area contributed by atoms with Crippen molar-refractivity contribution in [2.24, 2.45) is 0 Å². The zero-order valence-corrected chi connectivity index (χ0v) is 12.2. The Balaban J connectivity index is 1.81. The number of carbonyl (C=O) groups is 1. The highest BCUT2D eigenvalue weighted by Gasteiger charge is 2.19. The zero-order valence-electron chi connectivity index (χ0n) is 12.2. The van der Waals surface area contributed by atoms with Crippen molar-refractivity contribution in [3.63, 3.8) is 0 Å². The Morgan fingerprint density at radius 2 is 2.00 bits per heavy atom. The number of hydrogen-bond acceptors (Lipinski definition) is 2. The highest BCUT2D eigenvalue weighted by molar-refractivity contribution is 5.87. The van der Waals surface area contributed by atoms with Crippen molar-refractivity contribution in [1.29, 1.82) is 0 Å². The second-order valence-corrected chi connectivity index (χ2v) is 5.33. The largest absolute Gasteiger partial charge is 0.355 e. The molecule has 1 aliphatic heterocycles. The van der Waals surface area contributed by atoms with E-state index in [-0.39, 0.29) is 11.7 Å². The third-order valence-electron chi connectivity index (χ3n) is 3.82. The lowest BCUT2D eigenvalue weighted by atomic mass is 9.99. The van der Waals surface area contributed by atoms with E-state index in [1.807, 2.05) is 18.2 Å². The van der Waals surface area contributed by atoms with E-state index in [1.54, 1.807) is 11.0 Å². The summed E-state index contributed by atoms with van der Waals surface area (Å²) in [6, 6.07) is 12.4. The first-order valence-corrected chi connectivity index (χ1v) is 7.21. The van der Waals surface area contributed by atoms with E-state index in [9.17, 15) is 9.18 Å². The van der Waals surface area contributed by atoms with Crippen LogP contribution in [0.15, 0.2) is 55.1 Å². The predicted octanol–water partition coefficient (Wildman–Crippen LogP) is 3.64. The smallest absolute Gasteiger partial charge is 0.246 e. The number of halogens is 1. The van der Waals surface area contributed by atoms with Gasteiger partial charge in [0.1, 0.15) is 5.82 Å². The van der Waals surface area contributed by atoms with Gasteiger partial charge in [0.15, 0.2) is 0 Å². The Labute approximate surface area is 129 Å². The SMILES string of the molecule is C=CC(=O)N1CCc2ccc(Nc3cccc(F)c3)cc2C1. The van der Waals surface area contributed by atoms with Crippen LogP contribution in [-0.4, -0.2) is 17.4 Å². The van der Waals surface area contributed by atoms with Crippen LogP contribution >= 0.6 is 0 Å². The van der Waals surface area contributed by atoms with Crippen molar-refractivity contribution in [2.45, 2.75) is 13.0 Å². The highest BCUT2D eigenvalue weighted by atomic mass is 19.1. The lowest BCUT2D eigenvalue weighted by molar-refractivity contribution is -0.126. The Morgan fingerprint density at radius 3 is 2.77 bits per heavy atom. The minimum absolute atomic E-state index is 0.0471. The van der Waals surface area contributed by atoms with E-state index in [4.69, 9.17) is 0 Å². The lowest BCUT2D eigenvalue weighted by Crippen LogP contribution is -2.34. The van der Waals surface area contributed by atoms with Gasteiger partial charge in [-0.2, -0.15) is 0 Å². The maximum absolute atomic E-state index is 13.2. The first kappa shape index (κ1) is 14.3. The van der Waals surface area contributed by atoms with Gasteiger partial charge in [0.2, 0.25) is 5.91 Å². The van der Waals surface area contributed by atoms with Crippen LogP contribution < -0.4 is 5.32 Å². The molecule has 0 spiro atoms. The summed E-state index contributed by atoms with van der Waals surface area (Å²) in [7, 11) is 0. The van der Waals surface area contributed by atoms with Crippen LogP contribution in [0.3, 0.4) is 0 Å². The van der Waals surface area contributed by atoms with Crippen LogP contribution in [0, 0.1) is 5.82 Å². The maximum atomic E-state index is 13.2. The number of hydrogen-bond donors (Lipinski definition) is 1. The molecule has 3 rings (SSSR count). The molecule has 0 unspecified atom stereocenters. The van der Waals surface area contributed by atoms with Crippen LogP contribution in [0.4, 0.5) is 15.8 Å². The normalized spacial score (nSPS) is 13.4. The van der Waals surface area contributed by atoms with Crippen LogP contribution in [-0.2, 0) is 17.8 Å². The second kappa shape index (κ2) is 6.02. The van der Waals surface area contributed by atoms with Crippen molar-refractivity contribution < 1.29 is 9.18 Å². The molecule has 2 aromatic rings. The topological polar surface area (TPSA) is 32.3 Å². The van der Waals surface area contributed by atoms with Gasteiger partial charge in [-0.05, 0) is 54.0 Å². The summed E-state index contributed by atoms with van der Waals surface area (Å²) < 4.78 is 13.2. The molecule has 2 aromatic carbocycles. The van der Waals surface area contributed by atoms with E-state index in [2.05, 4.69) is 18.0 Å². The summed E-state index contributed by atoms with van der Waals surface area (Å²) >= 11 is 0. The molecule has 0 atom stereocenters. The number of fused-ring (bicyclic) bond motifs is 1. The fourth-order valence-electron chi connectivity index (χ4n) is 2.68. The average molecular weight is 296 g/mol. The molecule has 0 aromatic heterocycles. The molecule has 1 amide bonds. The molecule has 22 heavy (non-hydrogen) atoms. The summed E-state index contributed by atoms with van der Waals surface area (Å²) in [5.41, 5.74) is 3.95. The fraction of sp³-hybridized carbons (Fsp3) is 0.167. The summed E-state index contributed by atoms with van der Waals surface area (Å²) in [5, 5.41) is 3.19. The van der Waals surface area contributed by atoms with Gasteiger partial charge in [-0.3, -0.25) is 4.79 Å². The summed E-state index contributed by atoms with van der Waals surface area (Å²) in [5.74, 6) is -0.320. The number of benzene rings is 2. The molecule has 1 aliphatic rings. The van der Waals surface area contributed by atoms with Gasteiger partial charge < -0.3 is 10.2 Å². The van der Waals surface area contributed by atoms with Gasteiger partial charge in [0.25, 0.3) is 0 Å². The molecule has 112 valence electrons. The quantitative estimate of drug-likeness (QED) is 0.877. The van der Waals surface area contributed by atoms with E-state index >= 15 is 0 Å². The van der Waals surface area contributed by atoms with Crippen molar-refractivity contribution in [2.75, 3.05) is 11.9 Å². The zero-order chi connectivity index (χ0) is 15.5. The van der Waals surface area contributed by atoms with Gasteiger partial charge in [0, 0.05) is 24.5 Å². The molecule has 4 heteroatoms. The third-order valence-corrected chi connectivity index (χ3v) is 3.82. The van der Waals surface area contributed by atoms with E-state index < -0.39 is 0 Å². The van der Waals surface area contributed by atoms with Gasteiger partial charge in [-0.1, -0.05) is 18.7 Å². The molecule has 0 fully saturated rings. The molecule has 0 saturated carbocycles. The molecule has 0 saturated heterocycles. The Bertz CT molecular complexity index is 727. The first-order chi connectivity index (χ1) is 10.7. The minimum Gasteiger partial charge on any atom is -0.355 e. The van der Waals surface area contributed by atoms with Gasteiger partial charge in [-0.25, -0.2) is 4.39 Å². The van der Waals surface area contributed by atoms with Crippen molar-refractivity contribution >= 4 is 17.3 Å². The summed E-state index contributed by atoms with van der Waals surface area (Å²) in [6.45, 7) is 4.83. The van der Waals surface area contributed by atoms with Crippen LogP contribution in [0.5, 0.6) is 0 Å². The van der Waals surface area contributed by atoms with Crippen molar-refractivity contribution in [3.05, 3.63) is 72.1 Å². The summed E-state index contributed by atoms with van der Waals surface area (Å²) in [4.78, 5) is 13.5. The van der Waals surface area contributed by atoms with Gasteiger partial charge in [0.05, 0.1) is 0 Å². The number of nitrogens with one attached hydrogen (secondary N) is 1. The molecule has 1 N–H and O–H groups in total. The molecule has 0 aliphatic carbocycles. The van der Waals surface area contributed by atoms with Gasteiger partial charge in [-0.15, -0.1) is 0 Å². The van der Waals surface area contributed by atoms with Crippen LogP contribution in [0.25, 0.3) is 0 Å². The Morgan fingerprint density at radius 1 is 1.18 bits per heavy atom. The Hall–Kier alpha value is -2.62. The molecule has 0 radical (unpaired) electrons. The molecular weight excluding hydrogens is 279 g/mol. The van der Waals surface area contributed by atoms with Crippen LogP contribution in [0.1, 0.15) is 11.1 Å². The van der Waals surface area contributed by atoms with E-state index in [0.29, 0.717) is 18.8 Å². The number of carbonyl (C=O) groups excluding carboxylic acids is 1. The van der Waals surface area contributed by atoms with Crippen molar-refractivity contribution in [3.8, 4) is 0 Å². The minimum atomic E-state index is -0.272. The number of nitrogens with zero attached hydrogens (tertiary/aromatic N) is 1. The van der Waals surface area contributed by atoms with E-state index in [0.717, 1.165) is 17.7 Å². The first-order valence-electron chi connectivity index (χ1n) is 7.21. The predicted molar refractivity (Wildman–Crippen MR) is 85.4 cm³/mol. The highest BCUT2D eigenvalue weighted by Crippen LogP contribution is 2.25. The Kier molecular flexibility index (Phi) is 3.92. The van der Waals surface area contributed by atoms with Crippen molar-refractivity contribution in [1.82, 2.24) is 4.90 Å². The second-order valence-electron chi connectivity index (χ2n) is 5.33. The monoisotopic (exact) mass is 296 g/mol. The number of anilines is 2. The van der Waals surface area contributed by atoms with Gasteiger partial charge >= 0.3 is 0 Å². The summed E-state index contributed by atoms with van der Waals surface area (Å²) in [6.07, 6.45) is 2.19.